The number of aryl methyl sites for hydroxylation is 5. The lowest BCUT2D eigenvalue weighted by Gasteiger charge is -2.29. The third-order valence-electron chi connectivity index (χ3n) is 8.50. The highest BCUT2D eigenvalue weighted by Gasteiger charge is 2.17. The van der Waals surface area contributed by atoms with Crippen LogP contribution >= 0.6 is 0 Å². The molecular formula is C45H41NO4. The maximum Gasteiger partial charge on any atom is 0.328 e. The zero-order valence-electron chi connectivity index (χ0n) is 29.0. The van der Waals surface area contributed by atoms with Gasteiger partial charge < -0.3 is 15.1 Å². The van der Waals surface area contributed by atoms with Crippen molar-refractivity contribution in [1.82, 2.24) is 0 Å². The van der Waals surface area contributed by atoms with Gasteiger partial charge in [-0.15, -0.1) is 0 Å². The van der Waals surface area contributed by atoms with Crippen molar-refractivity contribution in [3.63, 3.8) is 0 Å². The summed E-state index contributed by atoms with van der Waals surface area (Å²) in [4.78, 5) is 24.0. The second kappa shape index (κ2) is 15.8. The van der Waals surface area contributed by atoms with Gasteiger partial charge >= 0.3 is 11.9 Å². The van der Waals surface area contributed by atoms with E-state index in [1.165, 1.54) is 16.7 Å². The number of hydrogen-bond donors (Lipinski definition) is 2. The summed E-state index contributed by atoms with van der Waals surface area (Å²) >= 11 is 0. The van der Waals surface area contributed by atoms with E-state index >= 15 is 0 Å². The molecule has 0 atom stereocenters. The smallest absolute Gasteiger partial charge is 0.328 e. The van der Waals surface area contributed by atoms with E-state index in [0.29, 0.717) is 0 Å². The first kappa shape index (κ1) is 35.1. The van der Waals surface area contributed by atoms with Crippen molar-refractivity contribution in [3.8, 4) is 0 Å². The van der Waals surface area contributed by atoms with Crippen LogP contribution in [0, 0.1) is 34.6 Å². The zero-order chi connectivity index (χ0) is 35.8. The molecule has 5 heteroatoms. The summed E-state index contributed by atoms with van der Waals surface area (Å²) in [6.07, 6.45) is 13.8. The van der Waals surface area contributed by atoms with E-state index < -0.39 is 11.9 Å². The maximum absolute atomic E-state index is 10.9. The molecule has 0 saturated carbocycles. The lowest BCUT2D eigenvalue weighted by molar-refractivity contribution is -0.132. The van der Waals surface area contributed by atoms with E-state index in [9.17, 15) is 9.59 Å². The number of benzene rings is 5. The molecule has 0 heterocycles. The number of aliphatic carboxylic acids is 2. The molecule has 250 valence electrons. The van der Waals surface area contributed by atoms with Crippen LogP contribution in [-0.2, 0) is 9.59 Å². The highest BCUT2D eigenvalue weighted by Crippen LogP contribution is 2.39. The van der Waals surface area contributed by atoms with Crippen LogP contribution in [-0.4, -0.2) is 22.2 Å². The molecule has 0 aliphatic rings. The van der Waals surface area contributed by atoms with Gasteiger partial charge in [0.05, 0.1) is 5.69 Å². The van der Waals surface area contributed by atoms with Crippen LogP contribution in [0.15, 0.2) is 109 Å². The Morgan fingerprint density at radius 1 is 0.460 bits per heavy atom. The number of nitrogens with zero attached hydrogens (tertiary/aromatic N) is 1. The van der Waals surface area contributed by atoms with Crippen LogP contribution in [0.3, 0.4) is 0 Å². The standard InChI is InChI=1S/C45H41NO4/c1-30-26-33(4)45(34(5)27-30)46(41-20-10-35(11-21-41)6-16-39-18-8-37(28-31(39)2)14-24-43(47)48)42-22-12-36(13-23-42)7-17-40-19-9-38(29-32(40)3)15-25-44(49)50/h6-29H,1-5H3,(H,47,48)(H,49,50)/b16-6+,17-7+,24-14+,25-15+. The average Bonchev–Trinajstić information content (AvgIpc) is 3.08. The number of carboxylic acids is 2. The van der Waals surface area contributed by atoms with Crippen LogP contribution in [0.5, 0.6) is 0 Å². The van der Waals surface area contributed by atoms with Gasteiger partial charge in [-0.3, -0.25) is 0 Å². The Morgan fingerprint density at radius 2 is 0.840 bits per heavy atom. The summed E-state index contributed by atoms with van der Waals surface area (Å²) < 4.78 is 0. The average molecular weight is 660 g/mol. The van der Waals surface area contributed by atoms with Crippen LogP contribution in [0.1, 0.15) is 61.2 Å². The van der Waals surface area contributed by atoms with Gasteiger partial charge in [-0.25, -0.2) is 9.59 Å². The van der Waals surface area contributed by atoms with E-state index in [0.717, 1.165) is 73.7 Å². The van der Waals surface area contributed by atoms with Gasteiger partial charge in [0.1, 0.15) is 0 Å². The van der Waals surface area contributed by atoms with E-state index in [2.05, 4.69) is 111 Å². The first-order chi connectivity index (χ1) is 24.0. The summed E-state index contributed by atoms with van der Waals surface area (Å²) in [6, 6.07) is 33.4. The maximum atomic E-state index is 10.9. The van der Waals surface area contributed by atoms with Gasteiger partial charge in [0.15, 0.2) is 0 Å². The molecule has 0 spiro atoms. The summed E-state index contributed by atoms with van der Waals surface area (Å²) in [5, 5.41) is 17.8. The van der Waals surface area contributed by atoms with Crippen molar-refractivity contribution < 1.29 is 19.8 Å². The van der Waals surface area contributed by atoms with E-state index in [4.69, 9.17) is 10.2 Å². The SMILES string of the molecule is Cc1cc(C)c(N(c2ccc(/C=C/c3ccc(/C=C/C(=O)O)cc3C)cc2)c2ccc(/C=C/c3ccc(/C=C/C(=O)O)cc3C)cc2)c(C)c1. The van der Waals surface area contributed by atoms with Crippen molar-refractivity contribution in [1.29, 1.82) is 0 Å². The van der Waals surface area contributed by atoms with Crippen LogP contribution in [0.2, 0.25) is 0 Å². The largest absolute Gasteiger partial charge is 0.478 e. The topological polar surface area (TPSA) is 77.8 Å². The molecule has 5 nitrogen and oxygen atoms in total. The molecule has 5 rings (SSSR count). The van der Waals surface area contributed by atoms with Crippen LogP contribution in [0.4, 0.5) is 17.1 Å². The zero-order valence-corrected chi connectivity index (χ0v) is 29.0. The number of carboxylic acid groups (broad SMARTS) is 2. The Morgan fingerprint density at radius 3 is 1.20 bits per heavy atom. The Kier molecular flexibility index (Phi) is 11.1. The molecule has 5 aromatic carbocycles. The molecule has 0 bridgehead atoms. The quantitative estimate of drug-likeness (QED) is 0.109. The summed E-state index contributed by atoms with van der Waals surface area (Å²) in [7, 11) is 0. The molecule has 0 fully saturated rings. The van der Waals surface area contributed by atoms with Gasteiger partial charge in [0, 0.05) is 23.5 Å². The molecule has 5 aromatic rings. The number of carbonyl (C=O) groups is 2. The minimum absolute atomic E-state index is 0.853. The number of rotatable bonds is 11. The summed E-state index contributed by atoms with van der Waals surface area (Å²) in [5.41, 5.74) is 15.0. The molecule has 2 N–H and O–H groups in total. The van der Waals surface area contributed by atoms with E-state index in [-0.39, 0.29) is 0 Å². The lowest BCUT2D eigenvalue weighted by Crippen LogP contribution is -2.13. The minimum atomic E-state index is -0.962. The summed E-state index contributed by atoms with van der Waals surface area (Å²) in [6.45, 7) is 10.5. The third kappa shape index (κ3) is 9.03. The fourth-order valence-corrected chi connectivity index (χ4v) is 6.09. The predicted octanol–water partition coefficient (Wildman–Crippen LogP) is 11.2. The van der Waals surface area contributed by atoms with Crippen molar-refractivity contribution in [2.24, 2.45) is 0 Å². The van der Waals surface area contributed by atoms with Crippen LogP contribution in [0.25, 0.3) is 36.5 Å². The molecule has 0 aliphatic carbocycles. The molecule has 0 aromatic heterocycles. The Labute approximate surface area is 294 Å². The highest BCUT2D eigenvalue weighted by atomic mass is 16.4. The normalized spacial score (nSPS) is 11.7. The second-order valence-corrected chi connectivity index (χ2v) is 12.5. The monoisotopic (exact) mass is 659 g/mol. The highest BCUT2D eigenvalue weighted by molar-refractivity contribution is 5.86. The molecule has 0 amide bonds. The Bertz CT molecular complexity index is 2000. The van der Waals surface area contributed by atoms with E-state index in [1.54, 1.807) is 12.2 Å². The van der Waals surface area contributed by atoms with Gasteiger partial charge in [-0.2, -0.15) is 0 Å². The molecule has 0 saturated heterocycles. The molecular weight excluding hydrogens is 618 g/mol. The van der Waals surface area contributed by atoms with Crippen molar-refractivity contribution in [2.75, 3.05) is 4.90 Å². The van der Waals surface area contributed by atoms with Crippen molar-refractivity contribution >= 4 is 65.5 Å². The van der Waals surface area contributed by atoms with Gasteiger partial charge in [0.2, 0.25) is 0 Å². The van der Waals surface area contributed by atoms with Crippen molar-refractivity contribution in [2.45, 2.75) is 34.6 Å². The Balaban J connectivity index is 1.41. The number of hydrogen-bond acceptors (Lipinski definition) is 3. The van der Waals surface area contributed by atoms with E-state index in [1.807, 2.05) is 50.2 Å². The molecule has 50 heavy (non-hydrogen) atoms. The van der Waals surface area contributed by atoms with Crippen molar-refractivity contribution in [3.05, 3.63) is 170 Å². The summed E-state index contributed by atoms with van der Waals surface area (Å²) in [5.74, 6) is -1.92. The lowest BCUT2D eigenvalue weighted by atomic mass is 10.0. The molecule has 0 unspecified atom stereocenters. The van der Waals surface area contributed by atoms with Crippen LogP contribution < -0.4 is 4.90 Å². The Hall–Kier alpha value is -6.20. The fraction of sp³-hybridized carbons (Fsp3) is 0.111. The third-order valence-corrected chi connectivity index (χ3v) is 8.50. The number of anilines is 3. The fourth-order valence-electron chi connectivity index (χ4n) is 6.09. The molecule has 0 radical (unpaired) electrons. The molecule has 0 aliphatic heterocycles. The first-order valence-electron chi connectivity index (χ1n) is 16.4. The second-order valence-electron chi connectivity index (χ2n) is 12.5. The van der Waals surface area contributed by atoms with Gasteiger partial charge in [-0.1, -0.05) is 103 Å². The first-order valence-corrected chi connectivity index (χ1v) is 16.4. The van der Waals surface area contributed by atoms with Gasteiger partial charge in [0.25, 0.3) is 0 Å². The predicted molar refractivity (Wildman–Crippen MR) is 209 cm³/mol. The minimum Gasteiger partial charge on any atom is -0.478 e. The van der Waals surface area contributed by atoms with Gasteiger partial charge in [-0.05, 0) is 127 Å².